The first-order valence-corrected chi connectivity index (χ1v) is 9.56. The first-order chi connectivity index (χ1) is 14.2. The molecule has 2 heterocycles. The lowest BCUT2D eigenvalue weighted by Crippen LogP contribution is -2.09. The quantitative estimate of drug-likeness (QED) is 0.441. The van der Waals surface area contributed by atoms with Crippen LogP contribution in [0.1, 0.15) is 43.0 Å². The van der Waals surface area contributed by atoms with Gasteiger partial charge >= 0.3 is 12.1 Å². The van der Waals surface area contributed by atoms with Gasteiger partial charge < -0.3 is 9.67 Å². The number of aliphatic carboxylic acids is 1. The Bertz CT molecular complexity index is 1250. The number of carboxylic acids is 1. The molecule has 2 N–H and O–H groups in total. The molecule has 0 aliphatic rings. The molecule has 0 atom stereocenters. The largest absolute Gasteiger partial charge is 0.481 e. The summed E-state index contributed by atoms with van der Waals surface area (Å²) in [7, 11) is 0. The lowest BCUT2D eigenvalue weighted by atomic mass is 9.99. The smallest absolute Gasteiger partial charge is 0.416 e. The minimum atomic E-state index is -4.46. The maximum atomic E-state index is 13.4. The van der Waals surface area contributed by atoms with E-state index in [1.54, 1.807) is 12.3 Å². The van der Waals surface area contributed by atoms with Crippen molar-refractivity contribution in [1.29, 1.82) is 0 Å². The fourth-order valence-electron chi connectivity index (χ4n) is 4.01. The van der Waals surface area contributed by atoms with Crippen molar-refractivity contribution in [1.82, 2.24) is 14.8 Å². The molecule has 0 fully saturated rings. The van der Waals surface area contributed by atoms with E-state index < -0.39 is 17.7 Å². The van der Waals surface area contributed by atoms with Crippen molar-refractivity contribution in [3.05, 3.63) is 59.4 Å². The van der Waals surface area contributed by atoms with E-state index in [-0.39, 0.29) is 18.8 Å². The number of carboxylic acid groups (broad SMARTS) is 1. The number of carbonyl (C=O) groups is 1. The molecule has 0 spiro atoms. The predicted octanol–water partition coefficient (Wildman–Crippen LogP) is 5.67. The Kier molecular flexibility index (Phi) is 4.80. The monoisotopic (exact) mass is 415 g/mol. The Morgan fingerprint density at radius 3 is 2.67 bits per heavy atom. The summed E-state index contributed by atoms with van der Waals surface area (Å²) in [5, 5.41) is 17.8. The number of benzene rings is 2. The minimum absolute atomic E-state index is 0.0350. The molecule has 30 heavy (non-hydrogen) atoms. The van der Waals surface area contributed by atoms with Gasteiger partial charge in [-0.1, -0.05) is 19.9 Å². The van der Waals surface area contributed by atoms with Crippen molar-refractivity contribution in [2.75, 3.05) is 0 Å². The topological polar surface area (TPSA) is 70.9 Å². The van der Waals surface area contributed by atoms with E-state index >= 15 is 0 Å². The van der Waals surface area contributed by atoms with Crippen molar-refractivity contribution in [3.8, 4) is 5.69 Å². The molecular formula is C22H20F3N3O2. The summed E-state index contributed by atoms with van der Waals surface area (Å²) in [4.78, 5) is 11.2. The second-order valence-corrected chi connectivity index (χ2v) is 7.62. The van der Waals surface area contributed by atoms with E-state index in [9.17, 15) is 23.1 Å². The van der Waals surface area contributed by atoms with Gasteiger partial charge in [-0.25, -0.2) is 0 Å². The third-order valence-electron chi connectivity index (χ3n) is 5.24. The molecular weight excluding hydrogens is 395 g/mol. The van der Waals surface area contributed by atoms with Gasteiger partial charge in [0.25, 0.3) is 0 Å². The summed E-state index contributed by atoms with van der Waals surface area (Å²) < 4.78 is 41.9. The van der Waals surface area contributed by atoms with Crippen molar-refractivity contribution in [2.45, 2.75) is 38.8 Å². The Morgan fingerprint density at radius 2 is 2.00 bits per heavy atom. The number of fused-ring (bicyclic) bond motifs is 2. The maximum Gasteiger partial charge on any atom is 0.416 e. The standard InChI is InChI=1S/C22H20F3N3O2/c1-12(2)21-16(6-7-20(29)30)17-10-18-13(11-26-27-18)8-19(17)28(21)15-5-3-4-14(9-15)22(23,24)25/h3-5,8-12H,6-7H2,1-2H3,(H,26,27)(H,29,30). The van der Waals surface area contributed by atoms with Gasteiger partial charge in [0.1, 0.15) is 0 Å². The second-order valence-electron chi connectivity index (χ2n) is 7.62. The van der Waals surface area contributed by atoms with Crippen LogP contribution in [-0.2, 0) is 17.4 Å². The average Bonchev–Trinajstić information content (AvgIpc) is 3.25. The number of hydrogen-bond acceptors (Lipinski definition) is 2. The van der Waals surface area contributed by atoms with E-state index in [1.807, 2.05) is 30.5 Å². The SMILES string of the molecule is CC(C)c1c(CCC(=O)O)c2cc3[nH]ncc3cc2n1-c1cccc(C(F)(F)F)c1. The summed E-state index contributed by atoms with van der Waals surface area (Å²) in [5.74, 6) is -0.959. The van der Waals surface area contributed by atoms with Crippen LogP contribution < -0.4 is 0 Å². The molecule has 0 amide bonds. The van der Waals surface area contributed by atoms with Crippen LogP contribution in [0.2, 0.25) is 0 Å². The molecule has 2 aromatic heterocycles. The molecule has 0 aliphatic heterocycles. The molecule has 0 radical (unpaired) electrons. The molecule has 0 bridgehead atoms. The van der Waals surface area contributed by atoms with Gasteiger partial charge in [0.05, 0.1) is 22.8 Å². The molecule has 2 aromatic carbocycles. The van der Waals surface area contributed by atoms with Crippen molar-refractivity contribution < 1.29 is 23.1 Å². The number of aryl methyl sites for hydroxylation is 1. The molecule has 156 valence electrons. The number of nitrogens with zero attached hydrogens (tertiary/aromatic N) is 2. The van der Waals surface area contributed by atoms with Crippen LogP contribution in [0.25, 0.3) is 27.5 Å². The maximum absolute atomic E-state index is 13.4. The minimum Gasteiger partial charge on any atom is -0.481 e. The molecule has 0 unspecified atom stereocenters. The van der Waals surface area contributed by atoms with Gasteiger partial charge in [-0.2, -0.15) is 18.3 Å². The number of hydrogen-bond donors (Lipinski definition) is 2. The summed E-state index contributed by atoms with van der Waals surface area (Å²) in [6.45, 7) is 3.91. The number of aromatic amines is 1. The van der Waals surface area contributed by atoms with Gasteiger partial charge in [0, 0.05) is 28.6 Å². The normalized spacial score (nSPS) is 12.3. The molecule has 5 nitrogen and oxygen atoms in total. The second kappa shape index (κ2) is 7.19. The Morgan fingerprint density at radius 1 is 1.23 bits per heavy atom. The van der Waals surface area contributed by atoms with Gasteiger partial charge in [-0.15, -0.1) is 0 Å². The fourth-order valence-corrected chi connectivity index (χ4v) is 4.01. The number of H-pyrrole nitrogens is 1. The summed E-state index contributed by atoms with van der Waals surface area (Å²) in [6.07, 6.45) is -2.58. The highest BCUT2D eigenvalue weighted by atomic mass is 19.4. The van der Waals surface area contributed by atoms with Gasteiger partial charge in [-0.3, -0.25) is 9.89 Å². The molecule has 0 saturated carbocycles. The number of halogens is 3. The van der Waals surface area contributed by atoms with Crippen LogP contribution in [0.4, 0.5) is 13.2 Å². The van der Waals surface area contributed by atoms with Crippen LogP contribution in [0.3, 0.4) is 0 Å². The zero-order valence-electron chi connectivity index (χ0n) is 16.4. The van der Waals surface area contributed by atoms with Crippen LogP contribution in [0.5, 0.6) is 0 Å². The summed E-state index contributed by atoms with van der Waals surface area (Å²) in [6, 6.07) is 8.98. The zero-order chi connectivity index (χ0) is 21.6. The highest BCUT2D eigenvalue weighted by Gasteiger charge is 2.31. The van der Waals surface area contributed by atoms with E-state index in [0.717, 1.165) is 45.2 Å². The van der Waals surface area contributed by atoms with Crippen molar-refractivity contribution in [3.63, 3.8) is 0 Å². The lowest BCUT2D eigenvalue weighted by Gasteiger charge is -2.17. The highest BCUT2D eigenvalue weighted by Crippen LogP contribution is 2.38. The number of nitrogens with one attached hydrogen (secondary N) is 1. The Labute approximate surface area is 170 Å². The predicted molar refractivity (Wildman–Crippen MR) is 108 cm³/mol. The molecule has 0 aliphatic carbocycles. The van der Waals surface area contributed by atoms with Crippen LogP contribution in [0.15, 0.2) is 42.6 Å². The van der Waals surface area contributed by atoms with Gasteiger partial charge in [0.15, 0.2) is 0 Å². The van der Waals surface area contributed by atoms with Gasteiger partial charge in [0.2, 0.25) is 0 Å². The van der Waals surface area contributed by atoms with Crippen molar-refractivity contribution >= 4 is 27.8 Å². The number of rotatable bonds is 5. The fraction of sp³-hybridized carbons (Fsp3) is 0.273. The lowest BCUT2D eigenvalue weighted by molar-refractivity contribution is -0.138. The van der Waals surface area contributed by atoms with Crippen LogP contribution >= 0.6 is 0 Å². The average molecular weight is 415 g/mol. The molecule has 4 aromatic rings. The van der Waals surface area contributed by atoms with Crippen LogP contribution in [-0.4, -0.2) is 25.8 Å². The Hall–Kier alpha value is -3.29. The van der Waals surface area contributed by atoms with E-state index in [2.05, 4.69) is 10.2 Å². The van der Waals surface area contributed by atoms with E-state index in [0.29, 0.717) is 5.69 Å². The van der Waals surface area contributed by atoms with E-state index in [4.69, 9.17) is 0 Å². The molecule has 4 rings (SSSR count). The van der Waals surface area contributed by atoms with Gasteiger partial charge in [-0.05, 0) is 48.2 Å². The first kappa shape index (κ1) is 20.0. The highest BCUT2D eigenvalue weighted by molar-refractivity contribution is 5.98. The van der Waals surface area contributed by atoms with E-state index in [1.165, 1.54) is 6.07 Å². The summed E-state index contributed by atoms with van der Waals surface area (Å²) in [5.41, 5.74) is 2.82. The number of alkyl halides is 3. The summed E-state index contributed by atoms with van der Waals surface area (Å²) >= 11 is 0. The Balaban J connectivity index is 2.07. The third-order valence-corrected chi connectivity index (χ3v) is 5.24. The number of aromatic nitrogens is 3. The van der Waals surface area contributed by atoms with Crippen molar-refractivity contribution in [2.24, 2.45) is 0 Å². The first-order valence-electron chi connectivity index (χ1n) is 9.56. The molecule has 8 heteroatoms. The van der Waals surface area contributed by atoms with Crippen LogP contribution in [0, 0.1) is 0 Å². The third kappa shape index (κ3) is 3.42. The molecule has 0 saturated heterocycles. The zero-order valence-corrected chi connectivity index (χ0v) is 16.4.